The lowest BCUT2D eigenvalue weighted by Gasteiger charge is -2.20. The van der Waals surface area contributed by atoms with Gasteiger partial charge in [0.1, 0.15) is 0 Å². The fourth-order valence-corrected chi connectivity index (χ4v) is 6.36. The van der Waals surface area contributed by atoms with Crippen molar-refractivity contribution in [2.75, 3.05) is 18.4 Å². The molecule has 0 bridgehead atoms. The number of nitrogens with one attached hydrogen (secondary N) is 1. The molecule has 2 aromatic carbocycles. The SMILES string of the molecule is Cc1cc(C)c2nc(NC(=O)c3ccc(S(=O)(=O)N4CCCCCC4)cc3)sc2c1. The number of thiazole rings is 1. The summed E-state index contributed by atoms with van der Waals surface area (Å²) < 4.78 is 28.4. The van der Waals surface area contributed by atoms with Crippen LogP contribution in [-0.4, -0.2) is 36.7 Å². The molecule has 4 rings (SSSR count). The Balaban J connectivity index is 1.51. The van der Waals surface area contributed by atoms with Gasteiger partial charge in [-0.25, -0.2) is 13.4 Å². The van der Waals surface area contributed by atoms with Crippen LogP contribution in [0.3, 0.4) is 0 Å². The van der Waals surface area contributed by atoms with Crippen molar-refractivity contribution >= 4 is 42.6 Å². The molecule has 0 atom stereocenters. The Labute approximate surface area is 181 Å². The topological polar surface area (TPSA) is 79.4 Å². The summed E-state index contributed by atoms with van der Waals surface area (Å²) in [5.74, 6) is -0.304. The van der Waals surface area contributed by atoms with E-state index in [1.165, 1.54) is 23.5 Å². The molecule has 1 aromatic heterocycles. The zero-order valence-electron chi connectivity index (χ0n) is 17.1. The lowest BCUT2D eigenvalue weighted by Crippen LogP contribution is -2.31. The molecule has 1 aliphatic heterocycles. The van der Waals surface area contributed by atoms with Crippen molar-refractivity contribution in [3.8, 4) is 0 Å². The zero-order valence-corrected chi connectivity index (χ0v) is 18.8. The van der Waals surface area contributed by atoms with E-state index < -0.39 is 10.0 Å². The summed E-state index contributed by atoms with van der Waals surface area (Å²) >= 11 is 1.43. The lowest BCUT2D eigenvalue weighted by molar-refractivity contribution is 0.102. The van der Waals surface area contributed by atoms with Crippen LogP contribution in [0.15, 0.2) is 41.3 Å². The summed E-state index contributed by atoms with van der Waals surface area (Å²) in [6.45, 7) is 5.15. The van der Waals surface area contributed by atoms with E-state index in [9.17, 15) is 13.2 Å². The van der Waals surface area contributed by atoms with E-state index in [1.54, 1.807) is 16.4 Å². The molecule has 1 aliphatic rings. The first-order chi connectivity index (χ1) is 14.3. The summed E-state index contributed by atoms with van der Waals surface area (Å²) in [6, 6.07) is 10.3. The fourth-order valence-electron chi connectivity index (χ4n) is 3.80. The number of hydrogen-bond acceptors (Lipinski definition) is 5. The molecule has 3 aromatic rings. The highest BCUT2D eigenvalue weighted by atomic mass is 32.2. The summed E-state index contributed by atoms with van der Waals surface area (Å²) in [6.07, 6.45) is 3.91. The minimum absolute atomic E-state index is 0.229. The molecule has 6 nitrogen and oxygen atoms in total. The molecule has 158 valence electrons. The van der Waals surface area contributed by atoms with Gasteiger partial charge in [0.15, 0.2) is 5.13 Å². The van der Waals surface area contributed by atoms with Crippen molar-refractivity contribution in [2.45, 2.75) is 44.4 Å². The first-order valence-corrected chi connectivity index (χ1v) is 12.4. The number of fused-ring (bicyclic) bond motifs is 1. The van der Waals surface area contributed by atoms with Crippen LogP contribution in [0.2, 0.25) is 0 Å². The number of anilines is 1. The van der Waals surface area contributed by atoms with Crippen LogP contribution < -0.4 is 5.32 Å². The minimum atomic E-state index is -3.52. The average molecular weight is 444 g/mol. The van der Waals surface area contributed by atoms with Crippen molar-refractivity contribution < 1.29 is 13.2 Å². The zero-order chi connectivity index (χ0) is 21.3. The minimum Gasteiger partial charge on any atom is -0.298 e. The van der Waals surface area contributed by atoms with E-state index >= 15 is 0 Å². The van der Waals surface area contributed by atoms with Crippen molar-refractivity contribution in [3.05, 3.63) is 53.1 Å². The van der Waals surface area contributed by atoms with Gasteiger partial charge in [-0.3, -0.25) is 10.1 Å². The van der Waals surface area contributed by atoms with Crippen LogP contribution >= 0.6 is 11.3 Å². The summed E-state index contributed by atoms with van der Waals surface area (Å²) in [5, 5.41) is 3.37. The van der Waals surface area contributed by atoms with Crippen molar-refractivity contribution in [1.82, 2.24) is 9.29 Å². The molecule has 0 saturated carbocycles. The second-order valence-corrected chi connectivity index (χ2v) is 10.7. The highest BCUT2D eigenvalue weighted by Gasteiger charge is 2.25. The van der Waals surface area contributed by atoms with E-state index in [0.29, 0.717) is 23.8 Å². The summed E-state index contributed by atoms with van der Waals surface area (Å²) in [7, 11) is -3.52. The molecule has 0 unspecified atom stereocenters. The molecule has 0 spiro atoms. The number of aryl methyl sites for hydroxylation is 2. The van der Waals surface area contributed by atoms with Crippen molar-refractivity contribution in [2.24, 2.45) is 0 Å². The molecule has 1 amide bonds. The Morgan fingerprint density at radius 3 is 2.37 bits per heavy atom. The number of rotatable bonds is 4. The molecular weight excluding hydrogens is 418 g/mol. The predicted molar refractivity (Wildman–Crippen MR) is 121 cm³/mol. The van der Waals surface area contributed by atoms with Gasteiger partial charge >= 0.3 is 0 Å². The van der Waals surface area contributed by atoms with Crippen LogP contribution in [0, 0.1) is 13.8 Å². The average Bonchev–Trinajstić information content (AvgIpc) is 2.92. The van der Waals surface area contributed by atoms with Gasteiger partial charge in [0.25, 0.3) is 5.91 Å². The quantitative estimate of drug-likeness (QED) is 0.632. The van der Waals surface area contributed by atoms with Gasteiger partial charge in [-0.2, -0.15) is 4.31 Å². The number of nitrogens with zero attached hydrogens (tertiary/aromatic N) is 2. The first kappa shape index (κ1) is 21.0. The van der Waals surface area contributed by atoms with E-state index in [1.807, 2.05) is 13.8 Å². The number of amides is 1. The van der Waals surface area contributed by atoms with Crippen LogP contribution in [0.25, 0.3) is 10.2 Å². The van der Waals surface area contributed by atoms with Gasteiger partial charge in [0.05, 0.1) is 15.1 Å². The number of benzene rings is 2. The maximum Gasteiger partial charge on any atom is 0.257 e. The fraction of sp³-hybridized carbons (Fsp3) is 0.364. The third-order valence-corrected chi connectivity index (χ3v) is 8.20. The van der Waals surface area contributed by atoms with Crippen LogP contribution in [0.5, 0.6) is 0 Å². The van der Waals surface area contributed by atoms with E-state index in [-0.39, 0.29) is 10.8 Å². The number of hydrogen-bond donors (Lipinski definition) is 1. The largest absolute Gasteiger partial charge is 0.298 e. The molecule has 0 aliphatic carbocycles. The van der Waals surface area contributed by atoms with Gasteiger partial charge in [0.2, 0.25) is 10.0 Å². The highest BCUT2D eigenvalue weighted by molar-refractivity contribution is 7.89. The molecule has 1 saturated heterocycles. The summed E-state index contributed by atoms with van der Waals surface area (Å²) in [5.41, 5.74) is 3.52. The van der Waals surface area contributed by atoms with Crippen LogP contribution in [0.4, 0.5) is 5.13 Å². The van der Waals surface area contributed by atoms with Gasteiger partial charge in [-0.05, 0) is 68.1 Å². The number of aromatic nitrogens is 1. The third kappa shape index (κ3) is 4.26. The molecule has 1 N–H and O–H groups in total. The Kier molecular flexibility index (Phi) is 5.90. The molecule has 30 heavy (non-hydrogen) atoms. The standard InChI is InChI=1S/C22H25N3O3S2/c1-15-13-16(2)20-19(14-15)29-22(23-20)24-21(26)17-7-9-18(10-8-17)30(27,28)25-11-5-3-4-6-12-25/h7-10,13-14H,3-6,11-12H2,1-2H3,(H,23,24,26). The van der Waals surface area contributed by atoms with Crippen LogP contribution in [0.1, 0.15) is 47.2 Å². The Morgan fingerprint density at radius 2 is 1.70 bits per heavy atom. The maximum absolute atomic E-state index is 12.9. The second-order valence-electron chi connectivity index (χ2n) is 7.74. The van der Waals surface area contributed by atoms with E-state index in [2.05, 4.69) is 22.4 Å². The summed E-state index contributed by atoms with van der Waals surface area (Å²) in [4.78, 5) is 17.4. The van der Waals surface area contributed by atoms with Gasteiger partial charge < -0.3 is 0 Å². The van der Waals surface area contributed by atoms with Gasteiger partial charge in [0, 0.05) is 18.7 Å². The first-order valence-electron chi connectivity index (χ1n) is 10.1. The second kappa shape index (κ2) is 8.45. The predicted octanol–water partition coefficient (Wildman–Crippen LogP) is 4.73. The smallest absolute Gasteiger partial charge is 0.257 e. The van der Waals surface area contributed by atoms with Crippen molar-refractivity contribution in [3.63, 3.8) is 0 Å². The Hall–Kier alpha value is -2.29. The van der Waals surface area contributed by atoms with E-state index in [0.717, 1.165) is 47.0 Å². The third-order valence-electron chi connectivity index (χ3n) is 5.37. The van der Waals surface area contributed by atoms with Gasteiger partial charge in [-0.1, -0.05) is 30.2 Å². The normalized spacial score (nSPS) is 15.8. The monoisotopic (exact) mass is 443 g/mol. The Bertz CT molecular complexity index is 1180. The van der Waals surface area contributed by atoms with Gasteiger partial charge in [-0.15, -0.1) is 0 Å². The number of sulfonamides is 1. The molecule has 0 radical (unpaired) electrons. The molecule has 2 heterocycles. The lowest BCUT2D eigenvalue weighted by atomic mass is 10.1. The van der Waals surface area contributed by atoms with Crippen molar-refractivity contribution in [1.29, 1.82) is 0 Å². The molecular formula is C22H25N3O3S2. The number of carbonyl (C=O) groups is 1. The highest BCUT2D eigenvalue weighted by Crippen LogP contribution is 2.29. The number of carbonyl (C=O) groups excluding carboxylic acids is 1. The molecule has 1 fully saturated rings. The molecule has 8 heteroatoms. The van der Waals surface area contributed by atoms with E-state index in [4.69, 9.17) is 0 Å². The Morgan fingerprint density at radius 1 is 1.03 bits per heavy atom. The maximum atomic E-state index is 12.9. The van der Waals surface area contributed by atoms with Crippen LogP contribution in [-0.2, 0) is 10.0 Å².